The number of nitrogens with one attached hydrogen (secondary N) is 3. The Morgan fingerprint density at radius 1 is 1.08 bits per heavy atom. The lowest BCUT2D eigenvalue weighted by molar-refractivity contribution is -0.115. The largest absolute Gasteiger partial charge is 0.493 e. The van der Waals surface area contributed by atoms with E-state index < -0.39 is 0 Å². The van der Waals surface area contributed by atoms with Crippen molar-refractivity contribution in [1.29, 1.82) is 0 Å². The van der Waals surface area contributed by atoms with Crippen LogP contribution in [0.3, 0.4) is 0 Å². The lowest BCUT2D eigenvalue weighted by Gasteiger charge is -2.12. The number of anilines is 1. The maximum atomic E-state index is 12.3. The molecule has 0 saturated heterocycles. The zero-order valence-electron chi connectivity index (χ0n) is 13.6. The van der Waals surface area contributed by atoms with E-state index in [4.69, 9.17) is 9.47 Å². The smallest absolute Gasteiger partial charge is 0.323 e. The summed E-state index contributed by atoms with van der Waals surface area (Å²) >= 11 is 3.44. The van der Waals surface area contributed by atoms with E-state index in [0.717, 1.165) is 10.0 Å². The molecule has 0 atom stereocenters. The molecule has 0 saturated carbocycles. The second kappa shape index (κ2) is 7.02. The second-order valence-corrected chi connectivity index (χ2v) is 6.22. The predicted octanol–water partition coefficient (Wildman–Crippen LogP) is 2.82. The van der Waals surface area contributed by atoms with Crippen LogP contribution in [0.2, 0.25) is 0 Å². The van der Waals surface area contributed by atoms with E-state index in [0.29, 0.717) is 28.2 Å². The number of hydrogen-bond donors (Lipinski definition) is 3. The minimum atomic E-state index is -0.285. The number of benzene rings is 2. The first kappa shape index (κ1) is 17.1. The van der Waals surface area contributed by atoms with Crippen LogP contribution in [0.25, 0.3) is 11.0 Å². The molecule has 0 spiro atoms. The molecule has 0 fully saturated rings. The van der Waals surface area contributed by atoms with Gasteiger partial charge in [0.2, 0.25) is 5.91 Å². The lowest BCUT2D eigenvalue weighted by Crippen LogP contribution is -2.14. The second-order valence-electron chi connectivity index (χ2n) is 5.36. The minimum absolute atomic E-state index is 0.155. The van der Waals surface area contributed by atoms with Crippen LogP contribution < -0.4 is 20.5 Å². The number of aromatic amines is 2. The zero-order chi connectivity index (χ0) is 18.0. The standard InChI is InChI=1S/C17H16BrN3O4/c1-24-14-5-9(11(18)8-15(14)25-2)6-16(22)19-10-3-4-12-13(7-10)21-17(23)20-12/h3-5,7-8H,6H2,1-2H3,(H,19,22)(H2,20,21,23). The highest BCUT2D eigenvalue weighted by molar-refractivity contribution is 9.10. The third-order valence-corrected chi connectivity index (χ3v) is 4.44. The van der Waals surface area contributed by atoms with E-state index in [1.54, 1.807) is 44.6 Å². The van der Waals surface area contributed by atoms with Crippen molar-refractivity contribution < 1.29 is 14.3 Å². The van der Waals surface area contributed by atoms with E-state index in [9.17, 15) is 9.59 Å². The monoisotopic (exact) mass is 405 g/mol. The van der Waals surface area contributed by atoms with Gasteiger partial charge in [-0.25, -0.2) is 4.79 Å². The molecular weight excluding hydrogens is 390 g/mol. The number of rotatable bonds is 5. The Kier molecular flexibility index (Phi) is 4.80. The summed E-state index contributed by atoms with van der Waals surface area (Å²) in [7, 11) is 3.10. The van der Waals surface area contributed by atoms with Crippen molar-refractivity contribution in [1.82, 2.24) is 9.97 Å². The Labute approximate surface area is 151 Å². The van der Waals surface area contributed by atoms with Gasteiger partial charge in [0.1, 0.15) is 0 Å². The van der Waals surface area contributed by atoms with Gasteiger partial charge in [0.05, 0.1) is 31.7 Å². The van der Waals surface area contributed by atoms with Crippen molar-refractivity contribution in [2.45, 2.75) is 6.42 Å². The molecule has 7 nitrogen and oxygen atoms in total. The van der Waals surface area contributed by atoms with E-state index in [2.05, 4.69) is 31.2 Å². The molecule has 0 aliphatic carbocycles. The highest BCUT2D eigenvalue weighted by atomic mass is 79.9. The molecule has 1 aromatic heterocycles. The summed E-state index contributed by atoms with van der Waals surface area (Å²) in [5, 5.41) is 2.82. The molecule has 130 valence electrons. The van der Waals surface area contributed by atoms with E-state index in [-0.39, 0.29) is 18.0 Å². The Hall–Kier alpha value is -2.74. The molecule has 0 aliphatic rings. The van der Waals surface area contributed by atoms with Gasteiger partial charge in [0.25, 0.3) is 0 Å². The fourth-order valence-electron chi connectivity index (χ4n) is 2.52. The Morgan fingerprint density at radius 2 is 1.76 bits per heavy atom. The average molecular weight is 406 g/mol. The van der Waals surface area contributed by atoms with Crippen molar-refractivity contribution in [2.75, 3.05) is 19.5 Å². The van der Waals surface area contributed by atoms with Gasteiger partial charge < -0.3 is 24.8 Å². The molecule has 3 aromatic rings. The van der Waals surface area contributed by atoms with Gasteiger partial charge in [-0.15, -0.1) is 0 Å². The molecule has 25 heavy (non-hydrogen) atoms. The normalized spacial score (nSPS) is 10.7. The molecule has 1 amide bonds. The Balaban J connectivity index is 1.78. The third kappa shape index (κ3) is 3.69. The van der Waals surface area contributed by atoms with Crippen molar-refractivity contribution in [2.24, 2.45) is 0 Å². The number of fused-ring (bicyclic) bond motifs is 1. The van der Waals surface area contributed by atoms with Gasteiger partial charge in [-0.1, -0.05) is 15.9 Å². The van der Waals surface area contributed by atoms with Crippen LogP contribution >= 0.6 is 15.9 Å². The van der Waals surface area contributed by atoms with Crippen LogP contribution in [-0.4, -0.2) is 30.1 Å². The molecule has 0 aliphatic heterocycles. The van der Waals surface area contributed by atoms with Crippen molar-refractivity contribution >= 4 is 38.6 Å². The van der Waals surface area contributed by atoms with Crippen LogP contribution in [0.15, 0.2) is 39.6 Å². The summed E-state index contributed by atoms with van der Waals surface area (Å²) in [5.74, 6) is 0.949. The van der Waals surface area contributed by atoms with Crippen molar-refractivity contribution in [3.63, 3.8) is 0 Å². The Bertz CT molecular complexity index is 993. The van der Waals surface area contributed by atoms with Crippen LogP contribution in [0.4, 0.5) is 5.69 Å². The minimum Gasteiger partial charge on any atom is -0.493 e. The van der Waals surface area contributed by atoms with Crippen LogP contribution in [0.5, 0.6) is 11.5 Å². The molecule has 0 radical (unpaired) electrons. The van der Waals surface area contributed by atoms with Gasteiger partial charge in [-0.05, 0) is 35.9 Å². The van der Waals surface area contributed by atoms with E-state index in [1.165, 1.54) is 0 Å². The average Bonchev–Trinajstić information content (AvgIpc) is 2.95. The number of ether oxygens (including phenoxy) is 2. The summed E-state index contributed by atoms with van der Waals surface area (Å²) in [6.45, 7) is 0. The number of carbonyl (C=O) groups excluding carboxylic acids is 1. The topological polar surface area (TPSA) is 96.2 Å². The van der Waals surface area contributed by atoms with Gasteiger partial charge in [-0.3, -0.25) is 4.79 Å². The molecule has 0 bridgehead atoms. The molecule has 2 aromatic carbocycles. The van der Waals surface area contributed by atoms with Crippen LogP contribution in [0.1, 0.15) is 5.56 Å². The third-order valence-electron chi connectivity index (χ3n) is 3.70. The lowest BCUT2D eigenvalue weighted by atomic mass is 10.1. The van der Waals surface area contributed by atoms with Crippen LogP contribution in [0, 0.1) is 0 Å². The SMILES string of the molecule is COc1cc(Br)c(CC(=O)Nc2ccc3[nH]c(=O)[nH]c3c2)cc1OC. The first-order valence-electron chi connectivity index (χ1n) is 7.42. The summed E-state index contributed by atoms with van der Waals surface area (Å²) < 4.78 is 11.3. The van der Waals surface area contributed by atoms with Gasteiger partial charge >= 0.3 is 5.69 Å². The molecule has 0 unspecified atom stereocenters. The summed E-state index contributed by atoms with van der Waals surface area (Å²) in [5.41, 5.74) is 2.41. The number of H-pyrrole nitrogens is 2. The molecule has 3 rings (SSSR count). The fraction of sp³-hybridized carbons (Fsp3) is 0.176. The summed E-state index contributed by atoms with van der Waals surface area (Å²) in [6, 6.07) is 8.69. The first-order chi connectivity index (χ1) is 12.0. The van der Waals surface area contributed by atoms with Gasteiger partial charge in [0, 0.05) is 10.2 Å². The van der Waals surface area contributed by atoms with Gasteiger partial charge in [-0.2, -0.15) is 0 Å². The van der Waals surface area contributed by atoms with Crippen molar-refractivity contribution in [3.05, 3.63) is 50.9 Å². The number of amides is 1. The highest BCUT2D eigenvalue weighted by Gasteiger charge is 2.13. The quantitative estimate of drug-likeness (QED) is 0.607. The molecule has 1 heterocycles. The molecule has 8 heteroatoms. The number of carbonyl (C=O) groups is 1. The maximum Gasteiger partial charge on any atom is 0.323 e. The molecular formula is C17H16BrN3O4. The number of imidazole rings is 1. The molecule has 3 N–H and O–H groups in total. The van der Waals surface area contributed by atoms with E-state index >= 15 is 0 Å². The number of methoxy groups -OCH3 is 2. The maximum absolute atomic E-state index is 12.3. The fourth-order valence-corrected chi connectivity index (χ4v) is 2.98. The Morgan fingerprint density at radius 3 is 2.48 bits per heavy atom. The van der Waals surface area contributed by atoms with E-state index in [1.807, 2.05) is 0 Å². The highest BCUT2D eigenvalue weighted by Crippen LogP contribution is 2.33. The summed E-state index contributed by atoms with van der Waals surface area (Å²) in [4.78, 5) is 28.9. The predicted molar refractivity (Wildman–Crippen MR) is 98.5 cm³/mol. The number of halogens is 1. The zero-order valence-corrected chi connectivity index (χ0v) is 15.2. The van der Waals surface area contributed by atoms with Crippen molar-refractivity contribution in [3.8, 4) is 11.5 Å². The number of hydrogen-bond acceptors (Lipinski definition) is 4. The van der Waals surface area contributed by atoms with Crippen LogP contribution in [-0.2, 0) is 11.2 Å². The number of aromatic nitrogens is 2. The summed E-state index contributed by atoms with van der Waals surface area (Å²) in [6.07, 6.45) is 0.155. The first-order valence-corrected chi connectivity index (χ1v) is 8.21. The van der Waals surface area contributed by atoms with Gasteiger partial charge in [0.15, 0.2) is 11.5 Å².